The van der Waals surface area contributed by atoms with Gasteiger partial charge < -0.3 is 4.74 Å². The van der Waals surface area contributed by atoms with Gasteiger partial charge in [-0.15, -0.1) is 11.3 Å². The molecule has 100 valence electrons. The summed E-state index contributed by atoms with van der Waals surface area (Å²) in [6.07, 6.45) is 0. The molecule has 1 aromatic heterocycles. The summed E-state index contributed by atoms with van der Waals surface area (Å²) in [6, 6.07) is 4.41. The van der Waals surface area contributed by atoms with Crippen LogP contribution in [0.25, 0.3) is 0 Å². The Kier molecular flexibility index (Phi) is 4.24. The summed E-state index contributed by atoms with van der Waals surface area (Å²) >= 11 is 1.28. The van der Waals surface area contributed by atoms with Gasteiger partial charge in [-0.1, -0.05) is 11.6 Å². The molecule has 1 N–H and O–H groups in total. The van der Waals surface area contributed by atoms with E-state index in [1.54, 1.807) is 25.5 Å². The number of amides is 1. The first-order valence-corrected chi connectivity index (χ1v) is 6.49. The number of methoxy groups -OCH3 is 1. The molecule has 0 bridgehead atoms. The largest absolute Gasteiger partial charge is 0.378 e. The fourth-order valence-electron chi connectivity index (χ4n) is 1.56. The molecule has 0 fully saturated rings. The van der Waals surface area contributed by atoms with Crippen LogP contribution in [0.3, 0.4) is 0 Å². The van der Waals surface area contributed by atoms with Crippen molar-refractivity contribution in [2.24, 2.45) is 0 Å². The van der Waals surface area contributed by atoms with Gasteiger partial charge in [0.05, 0.1) is 17.9 Å². The van der Waals surface area contributed by atoms with E-state index in [2.05, 4.69) is 10.3 Å². The van der Waals surface area contributed by atoms with Gasteiger partial charge in [0.15, 0.2) is 5.13 Å². The van der Waals surface area contributed by atoms with Crippen LogP contribution in [0, 0.1) is 12.7 Å². The van der Waals surface area contributed by atoms with Gasteiger partial charge in [-0.05, 0) is 19.1 Å². The zero-order valence-corrected chi connectivity index (χ0v) is 11.4. The van der Waals surface area contributed by atoms with Crippen molar-refractivity contribution >= 4 is 22.4 Å². The molecule has 1 aromatic carbocycles. The average Bonchev–Trinajstić information content (AvgIpc) is 2.80. The SMILES string of the molecule is COCc1csc(NC(=O)c2cc(C)ccc2F)n1. The maximum Gasteiger partial charge on any atom is 0.260 e. The van der Waals surface area contributed by atoms with Crippen LogP contribution in [0.5, 0.6) is 0 Å². The summed E-state index contributed by atoms with van der Waals surface area (Å²) in [5.41, 5.74) is 1.57. The third kappa shape index (κ3) is 3.36. The molecule has 0 aliphatic heterocycles. The Hall–Kier alpha value is -1.79. The maximum absolute atomic E-state index is 13.6. The number of thiazole rings is 1. The second-order valence-electron chi connectivity index (χ2n) is 4.01. The molecule has 0 saturated carbocycles. The lowest BCUT2D eigenvalue weighted by atomic mass is 10.1. The number of anilines is 1. The van der Waals surface area contributed by atoms with Crippen molar-refractivity contribution in [1.82, 2.24) is 4.98 Å². The average molecular weight is 280 g/mol. The fourth-order valence-corrected chi connectivity index (χ4v) is 2.25. The number of hydrogen-bond donors (Lipinski definition) is 1. The number of benzene rings is 1. The molecule has 19 heavy (non-hydrogen) atoms. The number of carbonyl (C=O) groups excluding carboxylic acids is 1. The minimum absolute atomic E-state index is 0.0171. The molecule has 1 heterocycles. The number of halogens is 1. The lowest BCUT2D eigenvalue weighted by Gasteiger charge is -2.04. The van der Waals surface area contributed by atoms with E-state index in [1.165, 1.54) is 23.5 Å². The summed E-state index contributed by atoms with van der Waals surface area (Å²) in [7, 11) is 1.57. The van der Waals surface area contributed by atoms with Crippen molar-refractivity contribution in [1.29, 1.82) is 0 Å². The van der Waals surface area contributed by atoms with Gasteiger partial charge >= 0.3 is 0 Å². The number of rotatable bonds is 4. The smallest absolute Gasteiger partial charge is 0.260 e. The zero-order valence-electron chi connectivity index (χ0n) is 10.6. The highest BCUT2D eigenvalue weighted by Crippen LogP contribution is 2.18. The van der Waals surface area contributed by atoms with Crippen LogP contribution in [0.1, 0.15) is 21.6 Å². The van der Waals surface area contributed by atoms with Gasteiger partial charge in [-0.3, -0.25) is 10.1 Å². The predicted molar refractivity (Wildman–Crippen MR) is 71.9 cm³/mol. The Balaban J connectivity index is 2.13. The second-order valence-corrected chi connectivity index (χ2v) is 4.87. The quantitative estimate of drug-likeness (QED) is 0.936. The minimum Gasteiger partial charge on any atom is -0.378 e. The van der Waals surface area contributed by atoms with E-state index in [0.717, 1.165) is 11.3 Å². The molecule has 0 unspecified atom stereocenters. The van der Waals surface area contributed by atoms with Crippen LogP contribution in [0.15, 0.2) is 23.6 Å². The third-order valence-corrected chi connectivity index (χ3v) is 3.24. The summed E-state index contributed by atoms with van der Waals surface area (Å²) in [6.45, 7) is 2.18. The van der Waals surface area contributed by atoms with E-state index >= 15 is 0 Å². The second kappa shape index (κ2) is 5.90. The Morgan fingerprint density at radius 3 is 3.05 bits per heavy atom. The monoisotopic (exact) mass is 280 g/mol. The third-order valence-electron chi connectivity index (χ3n) is 2.43. The number of nitrogens with one attached hydrogen (secondary N) is 1. The van der Waals surface area contributed by atoms with Crippen molar-refractivity contribution in [2.75, 3.05) is 12.4 Å². The Morgan fingerprint density at radius 2 is 2.32 bits per heavy atom. The first-order chi connectivity index (χ1) is 9.10. The highest BCUT2D eigenvalue weighted by atomic mass is 32.1. The molecule has 6 heteroatoms. The molecule has 2 aromatic rings. The van der Waals surface area contributed by atoms with E-state index in [4.69, 9.17) is 4.74 Å². The van der Waals surface area contributed by atoms with Crippen LogP contribution >= 0.6 is 11.3 Å². The van der Waals surface area contributed by atoms with Gasteiger partial charge in [0.25, 0.3) is 5.91 Å². The summed E-state index contributed by atoms with van der Waals surface area (Å²) in [5, 5.41) is 4.79. The molecule has 0 saturated heterocycles. The fraction of sp³-hybridized carbons (Fsp3) is 0.231. The summed E-state index contributed by atoms with van der Waals surface area (Å²) in [4.78, 5) is 16.1. The van der Waals surface area contributed by atoms with Crippen LogP contribution < -0.4 is 5.32 Å². The summed E-state index contributed by atoms with van der Waals surface area (Å²) in [5.74, 6) is -1.05. The molecule has 1 amide bonds. The van der Waals surface area contributed by atoms with Crippen molar-refractivity contribution in [3.05, 3.63) is 46.2 Å². The topological polar surface area (TPSA) is 51.2 Å². The van der Waals surface area contributed by atoms with Crippen LogP contribution in [-0.2, 0) is 11.3 Å². The molecule has 4 nitrogen and oxygen atoms in total. The van der Waals surface area contributed by atoms with Gasteiger partial charge in [0.2, 0.25) is 0 Å². The van der Waals surface area contributed by atoms with E-state index in [-0.39, 0.29) is 5.56 Å². The predicted octanol–water partition coefficient (Wildman–Crippen LogP) is 2.99. The van der Waals surface area contributed by atoms with Crippen molar-refractivity contribution in [2.45, 2.75) is 13.5 Å². The Bertz CT molecular complexity index is 598. The molecule has 0 radical (unpaired) electrons. The molecule has 0 aliphatic rings. The molecule has 2 rings (SSSR count). The standard InChI is InChI=1S/C13H13FN2O2S/c1-8-3-4-11(14)10(5-8)12(17)16-13-15-9(6-18-2)7-19-13/h3-5,7H,6H2,1-2H3,(H,15,16,17). The van der Waals surface area contributed by atoms with Crippen molar-refractivity contribution < 1.29 is 13.9 Å². The van der Waals surface area contributed by atoms with Crippen molar-refractivity contribution in [3.8, 4) is 0 Å². The molecular formula is C13H13FN2O2S. The van der Waals surface area contributed by atoms with Gasteiger partial charge in [0.1, 0.15) is 5.82 Å². The lowest BCUT2D eigenvalue weighted by Crippen LogP contribution is -2.14. The number of nitrogens with zero attached hydrogens (tertiary/aromatic N) is 1. The minimum atomic E-state index is -0.545. The lowest BCUT2D eigenvalue weighted by molar-refractivity contribution is 0.102. The van der Waals surface area contributed by atoms with Crippen LogP contribution in [0.4, 0.5) is 9.52 Å². The van der Waals surface area contributed by atoms with E-state index in [1.807, 2.05) is 0 Å². The highest BCUT2D eigenvalue weighted by molar-refractivity contribution is 7.13. The van der Waals surface area contributed by atoms with E-state index < -0.39 is 11.7 Å². The Morgan fingerprint density at radius 1 is 1.53 bits per heavy atom. The number of aryl methyl sites for hydroxylation is 1. The number of hydrogen-bond acceptors (Lipinski definition) is 4. The Labute approximate surface area is 114 Å². The zero-order chi connectivity index (χ0) is 13.8. The van der Waals surface area contributed by atoms with Gasteiger partial charge in [0, 0.05) is 12.5 Å². The number of carbonyl (C=O) groups is 1. The summed E-state index contributed by atoms with van der Waals surface area (Å²) < 4.78 is 18.5. The number of ether oxygens (including phenoxy) is 1. The molecule has 0 spiro atoms. The van der Waals surface area contributed by atoms with E-state index in [9.17, 15) is 9.18 Å². The normalized spacial score (nSPS) is 10.5. The molecular weight excluding hydrogens is 267 g/mol. The first-order valence-electron chi connectivity index (χ1n) is 5.61. The van der Waals surface area contributed by atoms with Crippen LogP contribution in [0.2, 0.25) is 0 Å². The molecule has 0 aliphatic carbocycles. The van der Waals surface area contributed by atoms with Gasteiger partial charge in [-0.2, -0.15) is 0 Å². The molecule has 0 atom stereocenters. The number of aromatic nitrogens is 1. The van der Waals surface area contributed by atoms with Crippen molar-refractivity contribution in [3.63, 3.8) is 0 Å². The van der Waals surface area contributed by atoms with Gasteiger partial charge in [-0.25, -0.2) is 9.37 Å². The first kappa shape index (κ1) is 13.6. The highest BCUT2D eigenvalue weighted by Gasteiger charge is 2.13. The van der Waals surface area contributed by atoms with E-state index in [0.29, 0.717) is 11.7 Å². The maximum atomic E-state index is 13.6. The van der Waals surface area contributed by atoms with Crippen LogP contribution in [-0.4, -0.2) is 18.0 Å².